The van der Waals surface area contributed by atoms with Crippen molar-refractivity contribution < 1.29 is 14.6 Å². The number of nitrogens with one attached hydrogen (secondary N) is 2. The summed E-state index contributed by atoms with van der Waals surface area (Å²) in [5.41, 5.74) is 2.52. The molecule has 0 aromatic heterocycles. The molecule has 1 atom stereocenters. The lowest BCUT2D eigenvalue weighted by atomic mass is 10.1. The highest BCUT2D eigenvalue weighted by atomic mass is 16.5. The Morgan fingerprint density at radius 1 is 1.21 bits per heavy atom. The Hall–Kier alpha value is -2.53. The molecule has 0 radical (unpaired) electrons. The smallest absolute Gasteiger partial charge is 0.319 e. The molecule has 2 aromatic carbocycles. The summed E-state index contributed by atoms with van der Waals surface area (Å²) in [4.78, 5) is 12.0. The number of hydrogen-bond donors (Lipinski definition) is 3. The zero-order valence-corrected chi connectivity index (χ0v) is 14.1. The monoisotopic (exact) mass is 328 g/mol. The quantitative estimate of drug-likeness (QED) is 0.727. The molecule has 0 aliphatic heterocycles. The van der Waals surface area contributed by atoms with Gasteiger partial charge in [-0.1, -0.05) is 30.3 Å². The normalized spacial score (nSPS) is 11.6. The van der Waals surface area contributed by atoms with E-state index in [1.807, 2.05) is 62.4 Å². The first kappa shape index (κ1) is 17.8. The number of aryl methyl sites for hydroxylation is 1. The van der Waals surface area contributed by atoms with Gasteiger partial charge in [0.05, 0.1) is 12.7 Å². The summed E-state index contributed by atoms with van der Waals surface area (Å²) in [6.45, 7) is 4.84. The molecule has 0 heterocycles. The van der Waals surface area contributed by atoms with Crippen molar-refractivity contribution in [3.63, 3.8) is 0 Å². The third-order valence-electron chi connectivity index (χ3n) is 3.64. The van der Waals surface area contributed by atoms with E-state index >= 15 is 0 Å². The molecule has 2 amide bonds. The van der Waals surface area contributed by atoms with Gasteiger partial charge in [0.15, 0.2) is 0 Å². The largest absolute Gasteiger partial charge is 0.494 e. The number of aliphatic hydroxyl groups is 1. The van der Waals surface area contributed by atoms with Crippen molar-refractivity contribution in [2.24, 2.45) is 0 Å². The minimum atomic E-state index is -0.585. The van der Waals surface area contributed by atoms with E-state index in [2.05, 4.69) is 10.6 Å². The summed E-state index contributed by atoms with van der Waals surface area (Å²) in [6, 6.07) is 14.6. The van der Waals surface area contributed by atoms with E-state index < -0.39 is 6.10 Å². The molecule has 2 rings (SSSR count). The molecule has 0 spiro atoms. The molecule has 24 heavy (non-hydrogen) atoms. The van der Waals surface area contributed by atoms with Gasteiger partial charge in [0.1, 0.15) is 5.75 Å². The second-order valence-corrected chi connectivity index (χ2v) is 5.51. The Bertz CT molecular complexity index is 659. The fourth-order valence-electron chi connectivity index (χ4n) is 2.36. The number of hydrogen-bond acceptors (Lipinski definition) is 3. The van der Waals surface area contributed by atoms with Gasteiger partial charge in [-0.2, -0.15) is 0 Å². The van der Waals surface area contributed by atoms with Crippen LogP contribution >= 0.6 is 0 Å². The lowest BCUT2D eigenvalue weighted by Crippen LogP contribution is -2.30. The standard InChI is InChI=1S/C19H24N2O3/c1-3-24-16-9-10-17(14(2)13-16)21-19(23)20-12-11-18(22)15-7-5-4-6-8-15/h4-10,13,18,22H,3,11-12H2,1-2H3,(H2,20,21,23). The molecule has 5 heteroatoms. The molecule has 5 nitrogen and oxygen atoms in total. The fraction of sp³-hybridized carbons (Fsp3) is 0.316. The second-order valence-electron chi connectivity index (χ2n) is 5.51. The Labute approximate surface area is 142 Å². The lowest BCUT2D eigenvalue weighted by Gasteiger charge is -2.13. The average Bonchev–Trinajstić information content (AvgIpc) is 2.58. The van der Waals surface area contributed by atoms with Gasteiger partial charge < -0.3 is 20.5 Å². The number of carbonyl (C=O) groups is 1. The summed E-state index contributed by atoms with van der Waals surface area (Å²) < 4.78 is 5.42. The van der Waals surface area contributed by atoms with E-state index in [0.717, 1.165) is 22.6 Å². The van der Waals surface area contributed by atoms with E-state index in [0.29, 0.717) is 19.6 Å². The maximum absolute atomic E-state index is 12.0. The van der Waals surface area contributed by atoms with Gasteiger partial charge in [-0.3, -0.25) is 0 Å². The lowest BCUT2D eigenvalue weighted by molar-refractivity contribution is 0.167. The van der Waals surface area contributed by atoms with E-state index in [1.54, 1.807) is 0 Å². The van der Waals surface area contributed by atoms with Gasteiger partial charge in [0.25, 0.3) is 0 Å². The van der Waals surface area contributed by atoms with Crippen molar-refractivity contribution in [3.8, 4) is 5.75 Å². The highest BCUT2D eigenvalue weighted by Crippen LogP contribution is 2.21. The maximum Gasteiger partial charge on any atom is 0.319 e. The first-order valence-electron chi connectivity index (χ1n) is 8.11. The third-order valence-corrected chi connectivity index (χ3v) is 3.64. The number of aliphatic hydroxyl groups excluding tert-OH is 1. The first-order chi connectivity index (χ1) is 11.6. The van der Waals surface area contributed by atoms with Crippen molar-refractivity contribution in [3.05, 3.63) is 59.7 Å². The van der Waals surface area contributed by atoms with Crippen molar-refractivity contribution in [1.82, 2.24) is 5.32 Å². The van der Waals surface area contributed by atoms with Crippen LogP contribution in [0.15, 0.2) is 48.5 Å². The summed E-state index contributed by atoms with van der Waals surface area (Å²) in [7, 11) is 0. The molecular weight excluding hydrogens is 304 g/mol. The third kappa shape index (κ3) is 5.28. The average molecular weight is 328 g/mol. The van der Waals surface area contributed by atoms with Gasteiger partial charge in [-0.15, -0.1) is 0 Å². The summed E-state index contributed by atoms with van der Waals surface area (Å²) in [6.07, 6.45) is -0.126. The van der Waals surface area contributed by atoms with Gasteiger partial charge >= 0.3 is 6.03 Å². The van der Waals surface area contributed by atoms with E-state index in [-0.39, 0.29) is 6.03 Å². The highest BCUT2D eigenvalue weighted by molar-refractivity contribution is 5.90. The maximum atomic E-state index is 12.0. The number of urea groups is 1. The molecule has 0 bridgehead atoms. The Morgan fingerprint density at radius 2 is 1.96 bits per heavy atom. The van der Waals surface area contributed by atoms with Gasteiger partial charge in [-0.25, -0.2) is 4.79 Å². The topological polar surface area (TPSA) is 70.6 Å². The molecule has 128 valence electrons. The summed E-state index contributed by atoms with van der Waals surface area (Å²) in [5, 5.41) is 15.6. The molecule has 0 fully saturated rings. The Kier molecular flexibility index (Phi) is 6.63. The number of rotatable bonds is 7. The zero-order valence-electron chi connectivity index (χ0n) is 14.1. The number of benzene rings is 2. The van der Waals surface area contributed by atoms with Crippen LogP contribution in [0.2, 0.25) is 0 Å². The molecule has 0 saturated carbocycles. The number of carbonyl (C=O) groups excluding carboxylic acids is 1. The van der Waals surface area contributed by atoms with Crippen LogP contribution in [0.25, 0.3) is 0 Å². The highest BCUT2D eigenvalue weighted by Gasteiger charge is 2.09. The predicted molar refractivity (Wildman–Crippen MR) is 95.4 cm³/mol. The van der Waals surface area contributed by atoms with Crippen LogP contribution in [0.1, 0.15) is 30.6 Å². The molecule has 0 aliphatic rings. The van der Waals surface area contributed by atoms with E-state index in [9.17, 15) is 9.90 Å². The van der Waals surface area contributed by atoms with Crippen LogP contribution in [0, 0.1) is 6.92 Å². The number of amides is 2. The van der Waals surface area contributed by atoms with Crippen molar-refractivity contribution in [1.29, 1.82) is 0 Å². The summed E-state index contributed by atoms with van der Waals surface area (Å²) in [5.74, 6) is 0.784. The minimum Gasteiger partial charge on any atom is -0.494 e. The molecular formula is C19H24N2O3. The number of anilines is 1. The second kappa shape index (κ2) is 8.93. The molecule has 0 saturated heterocycles. The van der Waals surface area contributed by atoms with Crippen LogP contribution in [0.4, 0.5) is 10.5 Å². The van der Waals surface area contributed by atoms with Crippen molar-refractivity contribution in [2.45, 2.75) is 26.4 Å². The van der Waals surface area contributed by atoms with Crippen LogP contribution in [-0.2, 0) is 0 Å². The molecule has 3 N–H and O–H groups in total. The fourth-order valence-corrected chi connectivity index (χ4v) is 2.36. The minimum absolute atomic E-state index is 0.289. The Morgan fingerprint density at radius 3 is 2.62 bits per heavy atom. The van der Waals surface area contributed by atoms with Crippen molar-refractivity contribution in [2.75, 3.05) is 18.5 Å². The van der Waals surface area contributed by atoms with Gasteiger partial charge in [0.2, 0.25) is 0 Å². The van der Waals surface area contributed by atoms with Gasteiger partial charge in [-0.05, 0) is 49.6 Å². The summed E-state index contributed by atoms with van der Waals surface area (Å²) >= 11 is 0. The van der Waals surface area contributed by atoms with Crippen molar-refractivity contribution >= 4 is 11.7 Å². The van der Waals surface area contributed by atoms with Crippen LogP contribution in [0.5, 0.6) is 5.75 Å². The molecule has 2 aromatic rings. The van der Waals surface area contributed by atoms with E-state index in [4.69, 9.17) is 4.74 Å². The SMILES string of the molecule is CCOc1ccc(NC(=O)NCCC(O)c2ccccc2)c(C)c1. The van der Waals surface area contributed by atoms with Crippen LogP contribution < -0.4 is 15.4 Å². The first-order valence-corrected chi connectivity index (χ1v) is 8.11. The van der Waals surface area contributed by atoms with E-state index in [1.165, 1.54) is 0 Å². The van der Waals surface area contributed by atoms with Crippen LogP contribution in [0.3, 0.4) is 0 Å². The van der Waals surface area contributed by atoms with Crippen LogP contribution in [-0.4, -0.2) is 24.3 Å². The molecule has 1 unspecified atom stereocenters. The predicted octanol–water partition coefficient (Wildman–Crippen LogP) is 3.64. The zero-order chi connectivity index (χ0) is 17.4. The Balaban J connectivity index is 1.79. The van der Waals surface area contributed by atoms with Gasteiger partial charge in [0, 0.05) is 12.2 Å². The number of ether oxygens (including phenoxy) is 1. The molecule has 0 aliphatic carbocycles.